The molecule has 0 spiro atoms. The van der Waals surface area contributed by atoms with Crippen molar-refractivity contribution >= 4 is 8.07 Å². The van der Waals surface area contributed by atoms with Crippen LogP contribution in [0.4, 0.5) is 0 Å². The number of nitrogens with zero attached hydrogens (tertiary/aromatic N) is 2. The lowest BCUT2D eigenvalue weighted by Crippen LogP contribution is -2.22. The standard InChI is InChI=1S/C17H30N2O3Si/c1-23(2,3)11-10-21-13-22-12-15-8-9-18-17(19-15)14-4-6-16(20)7-5-14/h8-9,14,16,20H,4-7,10-13H2,1-3H3. The topological polar surface area (TPSA) is 64.5 Å². The van der Waals surface area contributed by atoms with E-state index in [2.05, 4.69) is 29.6 Å². The van der Waals surface area contributed by atoms with Gasteiger partial charge in [-0.15, -0.1) is 0 Å². The maximum Gasteiger partial charge on any atom is 0.147 e. The minimum absolute atomic E-state index is 0.147. The molecule has 0 aliphatic heterocycles. The molecule has 1 fully saturated rings. The van der Waals surface area contributed by atoms with Crippen LogP contribution >= 0.6 is 0 Å². The number of aliphatic hydroxyl groups is 1. The summed E-state index contributed by atoms with van der Waals surface area (Å²) in [6, 6.07) is 3.05. The third kappa shape index (κ3) is 7.08. The molecule has 1 aromatic heterocycles. The van der Waals surface area contributed by atoms with Crippen LogP contribution in [0.2, 0.25) is 25.7 Å². The third-order valence-corrected chi connectivity index (χ3v) is 5.91. The largest absolute Gasteiger partial charge is 0.393 e. The molecule has 0 atom stereocenters. The van der Waals surface area contributed by atoms with Crippen LogP contribution in [0.3, 0.4) is 0 Å². The number of aromatic nitrogens is 2. The normalized spacial score (nSPS) is 22.3. The van der Waals surface area contributed by atoms with Crippen LogP contribution < -0.4 is 0 Å². The Kier molecular flexibility index (Phi) is 7.14. The minimum atomic E-state index is -1.03. The first kappa shape index (κ1) is 18.5. The quantitative estimate of drug-likeness (QED) is 0.447. The van der Waals surface area contributed by atoms with Crippen molar-refractivity contribution in [3.63, 3.8) is 0 Å². The summed E-state index contributed by atoms with van der Waals surface area (Å²) in [7, 11) is -1.03. The van der Waals surface area contributed by atoms with Crippen molar-refractivity contribution in [3.8, 4) is 0 Å². The molecule has 2 rings (SSSR count). The molecule has 1 aromatic rings. The molecule has 0 saturated heterocycles. The maximum absolute atomic E-state index is 9.59. The van der Waals surface area contributed by atoms with E-state index in [0.717, 1.165) is 49.9 Å². The van der Waals surface area contributed by atoms with E-state index < -0.39 is 8.07 Å². The molecule has 1 heterocycles. The van der Waals surface area contributed by atoms with E-state index in [0.29, 0.717) is 19.3 Å². The van der Waals surface area contributed by atoms with Gasteiger partial charge in [-0.25, -0.2) is 9.97 Å². The number of aliphatic hydroxyl groups excluding tert-OH is 1. The number of hydrogen-bond acceptors (Lipinski definition) is 5. The Balaban J connectivity index is 1.71. The summed E-state index contributed by atoms with van der Waals surface area (Å²) in [6.45, 7) is 8.56. The third-order valence-electron chi connectivity index (χ3n) is 4.21. The fourth-order valence-corrected chi connectivity index (χ4v) is 3.42. The molecule has 0 bridgehead atoms. The molecule has 1 N–H and O–H groups in total. The second-order valence-electron chi connectivity index (χ2n) is 7.60. The Bertz CT molecular complexity index is 471. The fourth-order valence-electron chi connectivity index (χ4n) is 2.67. The van der Waals surface area contributed by atoms with Crippen molar-refractivity contribution in [2.45, 2.75) is 70.0 Å². The summed E-state index contributed by atoms with van der Waals surface area (Å²) in [5.41, 5.74) is 0.898. The first-order valence-electron chi connectivity index (χ1n) is 8.59. The molecule has 1 saturated carbocycles. The molecule has 0 aromatic carbocycles. The summed E-state index contributed by atoms with van der Waals surface area (Å²) in [5.74, 6) is 1.25. The minimum Gasteiger partial charge on any atom is -0.393 e. The highest BCUT2D eigenvalue weighted by molar-refractivity contribution is 6.76. The van der Waals surface area contributed by atoms with Gasteiger partial charge in [0.2, 0.25) is 0 Å². The molecule has 1 aliphatic rings. The Hall–Kier alpha value is -0.823. The Labute approximate surface area is 140 Å². The SMILES string of the molecule is C[Si](C)(C)CCOCOCc1ccnc(C2CCC(O)CC2)n1. The average Bonchev–Trinajstić information content (AvgIpc) is 2.51. The zero-order chi connectivity index (χ0) is 16.7. The first-order chi connectivity index (χ1) is 10.9. The van der Waals surface area contributed by atoms with Crippen LogP contribution in [-0.2, 0) is 16.1 Å². The van der Waals surface area contributed by atoms with Crippen LogP contribution in [0.15, 0.2) is 12.3 Å². The smallest absolute Gasteiger partial charge is 0.147 e. The van der Waals surface area contributed by atoms with Gasteiger partial charge in [-0.2, -0.15) is 0 Å². The molecular weight excluding hydrogens is 308 g/mol. The van der Waals surface area contributed by atoms with Crippen molar-refractivity contribution in [2.75, 3.05) is 13.4 Å². The molecule has 0 radical (unpaired) electrons. The predicted molar refractivity (Wildman–Crippen MR) is 93.0 cm³/mol. The van der Waals surface area contributed by atoms with Crippen molar-refractivity contribution in [1.29, 1.82) is 0 Å². The van der Waals surface area contributed by atoms with Crippen LogP contribution in [-0.4, -0.2) is 42.7 Å². The molecule has 0 amide bonds. The second kappa shape index (κ2) is 8.87. The zero-order valence-electron chi connectivity index (χ0n) is 14.6. The molecule has 130 valence electrons. The van der Waals surface area contributed by atoms with Gasteiger partial charge in [0.15, 0.2) is 0 Å². The van der Waals surface area contributed by atoms with E-state index in [9.17, 15) is 5.11 Å². The molecular formula is C17H30N2O3Si. The van der Waals surface area contributed by atoms with Gasteiger partial charge in [-0.05, 0) is 37.8 Å². The lowest BCUT2D eigenvalue weighted by atomic mass is 9.87. The summed E-state index contributed by atoms with van der Waals surface area (Å²) in [4.78, 5) is 9.01. The highest BCUT2D eigenvalue weighted by Gasteiger charge is 2.22. The van der Waals surface area contributed by atoms with Gasteiger partial charge < -0.3 is 14.6 Å². The maximum atomic E-state index is 9.59. The monoisotopic (exact) mass is 338 g/mol. The van der Waals surface area contributed by atoms with Crippen LogP contribution in [0.25, 0.3) is 0 Å². The van der Waals surface area contributed by atoms with Crippen molar-refractivity contribution in [2.24, 2.45) is 0 Å². The number of ether oxygens (including phenoxy) is 2. The average molecular weight is 339 g/mol. The van der Waals surface area contributed by atoms with Crippen LogP contribution in [0.5, 0.6) is 0 Å². The van der Waals surface area contributed by atoms with Gasteiger partial charge >= 0.3 is 0 Å². The van der Waals surface area contributed by atoms with E-state index in [1.54, 1.807) is 6.20 Å². The van der Waals surface area contributed by atoms with E-state index in [1.807, 2.05) is 6.07 Å². The second-order valence-corrected chi connectivity index (χ2v) is 13.2. The van der Waals surface area contributed by atoms with Gasteiger partial charge in [0.05, 0.1) is 18.4 Å². The van der Waals surface area contributed by atoms with E-state index in [4.69, 9.17) is 9.47 Å². The van der Waals surface area contributed by atoms with Gasteiger partial charge in [-0.1, -0.05) is 19.6 Å². The number of rotatable bonds is 8. The van der Waals surface area contributed by atoms with Crippen LogP contribution in [0.1, 0.15) is 43.1 Å². The van der Waals surface area contributed by atoms with Crippen molar-refractivity contribution in [3.05, 3.63) is 23.8 Å². The molecule has 5 nitrogen and oxygen atoms in total. The molecule has 0 unspecified atom stereocenters. The highest BCUT2D eigenvalue weighted by Crippen LogP contribution is 2.30. The Morgan fingerprint density at radius 3 is 2.61 bits per heavy atom. The van der Waals surface area contributed by atoms with Gasteiger partial charge in [-0.3, -0.25) is 0 Å². The molecule has 1 aliphatic carbocycles. The Morgan fingerprint density at radius 1 is 1.17 bits per heavy atom. The highest BCUT2D eigenvalue weighted by atomic mass is 28.3. The lowest BCUT2D eigenvalue weighted by molar-refractivity contribution is -0.0583. The molecule has 23 heavy (non-hydrogen) atoms. The van der Waals surface area contributed by atoms with Gasteiger partial charge in [0.25, 0.3) is 0 Å². The van der Waals surface area contributed by atoms with Gasteiger partial charge in [0.1, 0.15) is 12.6 Å². The fraction of sp³-hybridized carbons (Fsp3) is 0.765. The summed E-state index contributed by atoms with van der Waals surface area (Å²) >= 11 is 0. The zero-order valence-corrected chi connectivity index (χ0v) is 15.6. The van der Waals surface area contributed by atoms with Crippen molar-refractivity contribution in [1.82, 2.24) is 9.97 Å². The summed E-state index contributed by atoms with van der Waals surface area (Å²) < 4.78 is 11.1. The lowest BCUT2D eigenvalue weighted by Gasteiger charge is -2.24. The summed E-state index contributed by atoms with van der Waals surface area (Å²) in [6.07, 6.45) is 5.28. The summed E-state index contributed by atoms with van der Waals surface area (Å²) in [5, 5.41) is 9.59. The number of hydrogen-bond donors (Lipinski definition) is 1. The van der Waals surface area contributed by atoms with E-state index in [1.165, 1.54) is 0 Å². The Morgan fingerprint density at radius 2 is 1.91 bits per heavy atom. The first-order valence-corrected chi connectivity index (χ1v) is 12.3. The predicted octanol–water partition coefficient (Wildman–Crippen LogP) is 3.32. The van der Waals surface area contributed by atoms with Crippen LogP contribution in [0, 0.1) is 0 Å². The van der Waals surface area contributed by atoms with Gasteiger partial charge in [0, 0.05) is 26.8 Å². The molecule has 6 heteroatoms. The van der Waals surface area contributed by atoms with Crippen molar-refractivity contribution < 1.29 is 14.6 Å². The van der Waals surface area contributed by atoms with E-state index in [-0.39, 0.29) is 6.10 Å². The van der Waals surface area contributed by atoms with E-state index >= 15 is 0 Å².